The highest BCUT2D eigenvalue weighted by Crippen LogP contribution is 2.17. The van der Waals surface area contributed by atoms with E-state index in [-0.39, 0.29) is 17.5 Å². The molecular weight excluding hydrogens is 318 g/mol. The highest BCUT2D eigenvalue weighted by atomic mass is 16.3. The molecule has 6 heteroatoms. The van der Waals surface area contributed by atoms with E-state index < -0.39 is 17.6 Å². The van der Waals surface area contributed by atoms with Gasteiger partial charge in [0, 0.05) is 12.0 Å². The van der Waals surface area contributed by atoms with Crippen LogP contribution in [0, 0.1) is 6.92 Å². The largest absolute Gasteiger partial charge is 0.388 e. The first-order valence-electron chi connectivity index (χ1n) is 8.32. The number of nitrogens with one attached hydrogen (secondary N) is 2. The molecule has 25 heavy (non-hydrogen) atoms. The van der Waals surface area contributed by atoms with E-state index in [0.717, 1.165) is 5.56 Å². The van der Waals surface area contributed by atoms with Crippen LogP contribution in [0.25, 0.3) is 0 Å². The van der Waals surface area contributed by atoms with Gasteiger partial charge in [-0.2, -0.15) is 0 Å². The maximum atomic E-state index is 12.3. The number of hydrogen-bond donors (Lipinski definition) is 3. The number of benzene rings is 1. The van der Waals surface area contributed by atoms with Crippen molar-refractivity contribution >= 4 is 5.91 Å². The van der Waals surface area contributed by atoms with E-state index in [1.807, 2.05) is 51.1 Å². The van der Waals surface area contributed by atoms with Gasteiger partial charge in [0.25, 0.3) is 11.5 Å². The molecule has 0 aliphatic rings. The van der Waals surface area contributed by atoms with E-state index in [9.17, 15) is 14.7 Å². The van der Waals surface area contributed by atoms with Crippen molar-refractivity contribution in [1.82, 2.24) is 15.3 Å². The van der Waals surface area contributed by atoms with Crippen molar-refractivity contribution in [2.75, 3.05) is 6.54 Å². The van der Waals surface area contributed by atoms with E-state index in [1.165, 1.54) is 0 Å². The molecule has 2 rings (SSSR count). The van der Waals surface area contributed by atoms with Crippen LogP contribution in [0.3, 0.4) is 0 Å². The maximum Gasteiger partial charge on any atom is 0.264 e. The van der Waals surface area contributed by atoms with Crippen LogP contribution in [-0.2, 0) is 5.41 Å². The standard InChI is InChI=1S/C19H25N3O3/c1-12-15(17(25)22-18(21-12)19(2,3)4)16(24)20-11-10-14(23)13-8-6-5-7-9-13/h5-9,14,23H,10-11H2,1-4H3,(H,20,24)(H,21,22,25)/t14-/m1/s1. The average Bonchev–Trinajstić information content (AvgIpc) is 2.54. The SMILES string of the molecule is Cc1nc(C(C)(C)C)[nH]c(=O)c1C(=O)NCC[C@@H](O)c1ccccc1. The third kappa shape index (κ3) is 4.76. The highest BCUT2D eigenvalue weighted by molar-refractivity contribution is 5.94. The molecule has 1 amide bonds. The van der Waals surface area contributed by atoms with Gasteiger partial charge in [0.05, 0.1) is 11.8 Å². The molecule has 0 saturated carbocycles. The summed E-state index contributed by atoms with van der Waals surface area (Å²) < 4.78 is 0. The van der Waals surface area contributed by atoms with Crippen LogP contribution in [0.2, 0.25) is 0 Å². The summed E-state index contributed by atoms with van der Waals surface area (Å²) in [5.74, 6) is 0.0676. The van der Waals surface area contributed by atoms with Gasteiger partial charge in [-0.1, -0.05) is 51.1 Å². The van der Waals surface area contributed by atoms with E-state index in [2.05, 4.69) is 15.3 Å². The van der Waals surface area contributed by atoms with Crippen LogP contribution in [-0.4, -0.2) is 27.5 Å². The molecule has 134 valence electrons. The normalized spacial score (nSPS) is 12.7. The zero-order valence-corrected chi connectivity index (χ0v) is 15.1. The third-order valence-electron chi connectivity index (χ3n) is 3.93. The molecule has 0 bridgehead atoms. The number of nitrogens with zero attached hydrogens (tertiary/aromatic N) is 1. The first-order valence-corrected chi connectivity index (χ1v) is 8.32. The van der Waals surface area contributed by atoms with Crippen molar-refractivity contribution in [3.8, 4) is 0 Å². The summed E-state index contributed by atoms with van der Waals surface area (Å²) in [5.41, 5.74) is 0.455. The minimum Gasteiger partial charge on any atom is -0.388 e. The maximum absolute atomic E-state index is 12.3. The number of amides is 1. The second-order valence-corrected chi connectivity index (χ2v) is 7.10. The van der Waals surface area contributed by atoms with Gasteiger partial charge in [0.1, 0.15) is 11.4 Å². The molecule has 1 aromatic carbocycles. The lowest BCUT2D eigenvalue weighted by Gasteiger charge is -2.18. The number of rotatable bonds is 5. The van der Waals surface area contributed by atoms with Crippen molar-refractivity contribution in [3.05, 3.63) is 63.3 Å². The fourth-order valence-electron chi connectivity index (χ4n) is 2.46. The van der Waals surface area contributed by atoms with E-state index >= 15 is 0 Å². The smallest absolute Gasteiger partial charge is 0.264 e. The van der Waals surface area contributed by atoms with Gasteiger partial charge in [0.2, 0.25) is 0 Å². The number of aliphatic hydroxyl groups excluding tert-OH is 1. The predicted molar refractivity (Wildman–Crippen MR) is 96.6 cm³/mol. The van der Waals surface area contributed by atoms with Gasteiger partial charge >= 0.3 is 0 Å². The second kappa shape index (κ2) is 7.61. The molecule has 1 aromatic heterocycles. The second-order valence-electron chi connectivity index (χ2n) is 7.10. The van der Waals surface area contributed by atoms with Gasteiger partial charge in [-0.05, 0) is 18.9 Å². The van der Waals surface area contributed by atoms with E-state index in [4.69, 9.17) is 0 Å². The summed E-state index contributed by atoms with van der Waals surface area (Å²) in [7, 11) is 0. The van der Waals surface area contributed by atoms with Crippen molar-refractivity contribution in [2.24, 2.45) is 0 Å². The van der Waals surface area contributed by atoms with Crippen LogP contribution < -0.4 is 10.9 Å². The Morgan fingerprint density at radius 1 is 1.28 bits per heavy atom. The van der Waals surface area contributed by atoms with E-state index in [0.29, 0.717) is 17.9 Å². The molecule has 6 nitrogen and oxygen atoms in total. The summed E-state index contributed by atoms with van der Waals surface area (Å²) in [6.07, 6.45) is -0.303. The fourth-order valence-corrected chi connectivity index (χ4v) is 2.46. The Morgan fingerprint density at radius 3 is 2.48 bits per heavy atom. The summed E-state index contributed by atoms with van der Waals surface area (Å²) in [6.45, 7) is 7.73. The van der Waals surface area contributed by atoms with Crippen molar-refractivity contribution in [3.63, 3.8) is 0 Å². The van der Waals surface area contributed by atoms with Crippen LogP contribution in [0.4, 0.5) is 0 Å². The Kier molecular flexibility index (Phi) is 5.74. The minimum absolute atomic E-state index is 0.0159. The molecular formula is C19H25N3O3. The zero-order valence-electron chi connectivity index (χ0n) is 15.1. The topological polar surface area (TPSA) is 95.1 Å². The number of aromatic nitrogens is 2. The molecule has 0 aliphatic heterocycles. The van der Waals surface area contributed by atoms with Crippen LogP contribution in [0.1, 0.15) is 60.7 Å². The summed E-state index contributed by atoms with van der Waals surface area (Å²) >= 11 is 0. The number of aryl methyl sites for hydroxylation is 1. The number of aromatic amines is 1. The Labute approximate surface area is 147 Å². The average molecular weight is 343 g/mol. The van der Waals surface area contributed by atoms with Crippen LogP contribution >= 0.6 is 0 Å². The molecule has 1 atom stereocenters. The first-order chi connectivity index (χ1) is 11.7. The van der Waals surface area contributed by atoms with E-state index in [1.54, 1.807) is 6.92 Å². The number of carbonyl (C=O) groups excluding carboxylic acids is 1. The Bertz CT molecular complexity index is 792. The molecule has 0 radical (unpaired) electrons. The molecule has 0 spiro atoms. The highest BCUT2D eigenvalue weighted by Gasteiger charge is 2.22. The monoisotopic (exact) mass is 343 g/mol. The molecule has 0 unspecified atom stereocenters. The third-order valence-corrected chi connectivity index (χ3v) is 3.93. The number of carbonyl (C=O) groups is 1. The van der Waals surface area contributed by atoms with Gasteiger partial charge in [-0.25, -0.2) is 4.98 Å². The number of H-pyrrole nitrogens is 1. The summed E-state index contributed by atoms with van der Waals surface area (Å²) in [5, 5.41) is 12.8. The Balaban J connectivity index is 2.03. The van der Waals surface area contributed by atoms with Gasteiger partial charge in [-0.15, -0.1) is 0 Å². The van der Waals surface area contributed by atoms with Gasteiger partial charge in [0.15, 0.2) is 0 Å². The number of hydrogen-bond acceptors (Lipinski definition) is 4. The predicted octanol–water partition coefficient (Wildman–Crippen LogP) is 2.23. The van der Waals surface area contributed by atoms with Crippen LogP contribution in [0.5, 0.6) is 0 Å². The molecule has 3 N–H and O–H groups in total. The van der Waals surface area contributed by atoms with Crippen molar-refractivity contribution < 1.29 is 9.90 Å². The molecule has 0 saturated heterocycles. The molecule has 0 fully saturated rings. The Morgan fingerprint density at radius 2 is 1.92 bits per heavy atom. The summed E-state index contributed by atoms with van der Waals surface area (Å²) in [4.78, 5) is 31.6. The lowest BCUT2D eigenvalue weighted by Crippen LogP contribution is -2.34. The lowest BCUT2D eigenvalue weighted by molar-refractivity contribution is 0.0940. The van der Waals surface area contributed by atoms with Gasteiger partial charge < -0.3 is 15.4 Å². The number of aliphatic hydroxyl groups is 1. The molecule has 1 heterocycles. The minimum atomic E-state index is -0.665. The van der Waals surface area contributed by atoms with Gasteiger partial charge in [-0.3, -0.25) is 9.59 Å². The Hall–Kier alpha value is -2.47. The molecule has 2 aromatic rings. The molecule has 0 aliphatic carbocycles. The first kappa shape index (κ1) is 18.9. The zero-order chi connectivity index (χ0) is 18.6. The lowest BCUT2D eigenvalue weighted by atomic mass is 9.95. The summed E-state index contributed by atoms with van der Waals surface area (Å²) in [6, 6.07) is 9.24. The fraction of sp³-hybridized carbons (Fsp3) is 0.421. The quantitative estimate of drug-likeness (QED) is 0.776. The van der Waals surface area contributed by atoms with Crippen LogP contribution in [0.15, 0.2) is 35.1 Å². The van der Waals surface area contributed by atoms with Crippen molar-refractivity contribution in [2.45, 2.75) is 45.6 Å². The van der Waals surface area contributed by atoms with Crippen molar-refractivity contribution in [1.29, 1.82) is 0 Å².